The Kier molecular flexibility index (Phi) is 4.90. The average Bonchev–Trinajstić information content (AvgIpc) is 2.51. The molecule has 1 amide bonds. The molecule has 0 spiro atoms. The molecule has 94 valence electrons. The number of nitrogens with zero attached hydrogens (tertiary/aromatic N) is 2. The molecule has 0 saturated carbocycles. The van der Waals surface area contributed by atoms with E-state index in [1.54, 1.807) is 10.8 Å². The molecular formula is C12H19N3O2. The maximum atomic E-state index is 11.4. The molecule has 1 aromatic rings. The highest BCUT2D eigenvalue weighted by atomic mass is 16.3. The SMILES string of the molecule is Cc1nn(C)c(C)c1/C=C/C(=O)NCCCO. The van der Waals surface area contributed by atoms with E-state index >= 15 is 0 Å². The van der Waals surface area contributed by atoms with Crippen molar-refractivity contribution in [2.75, 3.05) is 13.2 Å². The minimum absolute atomic E-state index is 0.0881. The number of aliphatic hydroxyl groups is 1. The monoisotopic (exact) mass is 237 g/mol. The molecule has 0 fully saturated rings. The molecule has 5 nitrogen and oxygen atoms in total. The third kappa shape index (κ3) is 3.71. The first-order valence-electron chi connectivity index (χ1n) is 5.63. The molecule has 0 saturated heterocycles. The van der Waals surface area contributed by atoms with E-state index in [2.05, 4.69) is 10.4 Å². The lowest BCUT2D eigenvalue weighted by molar-refractivity contribution is -0.116. The number of hydrogen-bond donors (Lipinski definition) is 2. The van der Waals surface area contributed by atoms with Gasteiger partial charge in [0.15, 0.2) is 0 Å². The first kappa shape index (κ1) is 13.4. The summed E-state index contributed by atoms with van der Waals surface area (Å²) in [5.41, 5.74) is 2.91. The van der Waals surface area contributed by atoms with Gasteiger partial charge in [-0.2, -0.15) is 5.10 Å². The van der Waals surface area contributed by atoms with Crippen molar-refractivity contribution in [3.05, 3.63) is 23.0 Å². The number of aromatic nitrogens is 2. The van der Waals surface area contributed by atoms with E-state index in [0.717, 1.165) is 17.0 Å². The van der Waals surface area contributed by atoms with Crippen molar-refractivity contribution in [3.8, 4) is 0 Å². The molecule has 0 bridgehead atoms. The minimum atomic E-state index is -0.152. The second kappa shape index (κ2) is 6.20. The summed E-state index contributed by atoms with van der Waals surface area (Å²) in [5.74, 6) is -0.152. The summed E-state index contributed by atoms with van der Waals surface area (Å²) in [6.07, 6.45) is 3.84. The fourth-order valence-corrected chi connectivity index (χ4v) is 1.54. The van der Waals surface area contributed by atoms with Gasteiger partial charge >= 0.3 is 0 Å². The average molecular weight is 237 g/mol. The molecule has 1 aromatic heterocycles. The Hall–Kier alpha value is -1.62. The van der Waals surface area contributed by atoms with Crippen LogP contribution < -0.4 is 5.32 Å². The number of amides is 1. The minimum Gasteiger partial charge on any atom is -0.396 e. The molecule has 0 aliphatic rings. The number of rotatable bonds is 5. The molecule has 1 rings (SSSR count). The van der Waals surface area contributed by atoms with Crippen LogP contribution in [0.25, 0.3) is 6.08 Å². The second-order valence-corrected chi connectivity index (χ2v) is 3.91. The molecule has 0 aromatic carbocycles. The molecular weight excluding hydrogens is 218 g/mol. The summed E-state index contributed by atoms with van der Waals surface area (Å²) >= 11 is 0. The fourth-order valence-electron chi connectivity index (χ4n) is 1.54. The Balaban J connectivity index is 2.61. The first-order valence-corrected chi connectivity index (χ1v) is 5.63. The molecule has 0 unspecified atom stereocenters. The zero-order chi connectivity index (χ0) is 12.8. The van der Waals surface area contributed by atoms with Gasteiger partial charge in [0.25, 0.3) is 0 Å². The van der Waals surface area contributed by atoms with Crippen LogP contribution in [0.3, 0.4) is 0 Å². The van der Waals surface area contributed by atoms with E-state index in [4.69, 9.17) is 5.11 Å². The number of nitrogens with one attached hydrogen (secondary N) is 1. The van der Waals surface area contributed by atoms with Gasteiger partial charge in [-0.05, 0) is 26.3 Å². The lowest BCUT2D eigenvalue weighted by Crippen LogP contribution is -2.22. The Morgan fingerprint density at radius 2 is 2.24 bits per heavy atom. The van der Waals surface area contributed by atoms with Crippen LogP contribution in [0.15, 0.2) is 6.08 Å². The zero-order valence-electron chi connectivity index (χ0n) is 10.5. The molecule has 17 heavy (non-hydrogen) atoms. The number of hydrogen-bond acceptors (Lipinski definition) is 3. The molecule has 2 N–H and O–H groups in total. The van der Waals surface area contributed by atoms with Gasteiger partial charge in [-0.3, -0.25) is 9.48 Å². The largest absolute Gasteiger partial charge is 0.396 e. The summed E-state index contributed by atoms with van der Waals surface area (Å²) < 4.78 is 1.79. The molecule has 0 atom stereocenters. The van der Waals surface area contributed by atoms with Gasteiger partial charge in [-0.25, -0.2) is 0 Å². The quantitative estimate of drug-likeness (QED) is 0.580. The van der Waals surface area contributed by atoms with Crippen molar-refractivity contribution in [2.45, 2.75) is 20.3 Å². The van der Waals surface area contributed by atoms with Gasteiger partial charge in [0.05, 0.1) is 5.69 Å². The van der Waals surface area contributed by atoms with Crippen molar-refractivity contribution in [2.24, 2.45) is 7.05 Å². The normalized spacial score (nSPS) is 11.1. The standard InChI is InChI=1S/C12H19N3O2/c1-9-11(10(2)15(3)14-9)5-6-12(17)13-7-4-8-16/h5-6,16H,4,7-8H2,1-3H3,(H,13,17)/b6-5+. The van der Waals surface area contributed by atoms with Crippen molar-refractivity contribution in [1.29, 1.82) is 0 Å². The summed E-state index contributed by atoms with van der Waals surface area (Å²) in [5, 5.41) is 15.5. The predicted molar refractivity (Wildman–Crippen MR) is 66.4 cm³/mol. The van der Waals surface area contributed by atoms with Gasteiger partial charge in [-0.15, -0.1) is 0 Å². The van der Waals surface area contributed by atoms with Gasteiger partial charge in [0.2, 0.25) is 5.91 Å². The highest BCUT2D eigenvalue weighted by molar-refractivity contribution is 5.91. The van der Waals surface area contributed by atoms with E-state index in [1.807, 2.05) is 20.9 Å². The zero-order valence-corrected chi connectivity index (χ0v) is 10.5. The fraction of sp³-hybridized carbons (Fsp3) is 0.500. The second-order valence-electron chi connectivity index (χ2n) is 3.91. The predicted octanol–water partition coefficient (Wildman–Crippen LogP) is 0.549. The third-order valence-corrected chi connectivity index (χ3v) is 2.60. The number of carbonyl (C=O) groups is 1. The van der Waals surface area contributed by atoms with Crippen LogP contribution in [-0.2, 0) is 11.8 Å². The van der Waals surface area contributed by atoms with Crippen LogP contribution in [0.2, 0.25) is 0 Å². The van der Waals surface area contributed by atoms with E-state index in [9.17, 15) is 4.79 Å². The van der Waals surface area contributed by atoms with E-state index in [1.165, 1.54) is 6.08 Å². The van der Waals surface area contributed by atoms with Crippen LogP contribution in [0.1, 0.15) is 23.4 Å². The molecule has 5 heteroatoms. The van der Waals surface area contributed by atoms with Crippen molar-refractivity contribution < 1.29 is 9.90 Å². The van der Waals surface area contributed by atoms with Gasteiger partial charge < -0.3 is 10.4 Å². The maximum absolute atomic E-state index is 11.4. The Morgan fingerprint density at radius 1 is 1.53 bits per heavy atom. The van der Waals surface area contributed by atoms with Gasteiger partial charge in [-0.1, -0.05) is 0 Å². The van der Waals surface area contributed by atoms with E-state index in [-0.39, 0.29) is 12.5 Å². The van der Waals surface area contributed by atoms with Crippen molar-refractivity contribution in [3.63, 3.8) is 0 Å². The van der Waals surface area contributed by atoms with Crippen LogP contribution in [0.4, 0.5) is 0 Å². The maximum Gasteiger partial charge on any atom is 0.244 e. The highest BCUT2D eigenvalue weighted by Gasteiger charge is 2.06. The summed E-state index contributed by atoms with van der Waals surface area (Å²) in [7, 11) is 1.88. The van der Waals surface area contributed by atoms with Crippen LogP contribution in [0, 0.1) is 13.8 Å². The number of carbonyl (C=O) groups excluding carboxylic acids is 1. The highest BCUT2D eigenvalue weighted by Crippen LogP contribution is 2.13. The van der Waals surface area contributed by atoms with E-state index in [0.29, 0.717) is 13.0 Å². The molecule has 0 radical (unpaired) electrons. The van der Waals surface area contributed by atoms with E-state index < -0.39 is 0 Å². The third-order valence-electron chi connectivity index (χ3n) is 2.60. The Labute approximate surface area is 101 Å². The van der Waals surface area contributed by atoms with Crippen molar-refractivity contribution in [1.82, 2.24) is 15.1 Å². The van der Waals surface area contributed by atoms with Crippen molar-refractivity contribution >= 4 is 12.0 Å². The van der Waals surface area contributed by atoms with Gasteiger partial charge in [0, 0.05) is 37.5 Å². The van der Waals surface area contributed by atoms with Crippen LogP contribution in [0.5, 0.6) is 0 Å². The molecule has 1 heterocycles. The topological polar surface area (TPSA) is 67.2 Å². The summed E-state index contributed by atoms with van der Waals surface area (Å²) in [6, 6.07) is 0. The number of aryl methyl sites for hydroxylation is 2. The Bertz CT molecular complexity index is 422. The number of aliphatic hydroxyl groups excluding tert-OH is 1. The molecule has 0 aliphatic carbocycles. The summed E-state index contributed by atoms with van der Waals surface area (Å²) in [6.45, 7) is 4.45. The summed E-state index contributed by atoms with van der Waals surface area (Å²) in [4.78, 5) is 11.4. The van der Waals surface area contributed by atoms with Gasteiger partial charge in [0.1, 0.15) is 0 Å². The lowest BCUT2D eigenvalue weighted by atomic mass is 10.2. The smallest absolute Gasteiger partial charge is 0.244 e. The van der Waals surface area contributed by atoms with Crippen LogP contribution >= 0.6 is 0 Å². The Morgan fingerprint density at radius 3 is 2.76 bits per heavy atom. The lowest BCUT2D eigenvalue weighted by Gasteiger charge is -1.99. The van der Waals surface area contributed by atoms with Crippen LogP contribution in [-0.4, -0.2) is 33.9 Å². The molecule has 0 aliphatic heterocycles. The first-order chi connectivity index (χ1) is 8.06.